The number of amides is 3. The highest BCUT2D eigenvalue weighted by Crippen LogP contribution is 2.30. The van der Waals surface area contributed by atoms with Crippen LogP contribution in [0, 0.1) is 11.3 Å². The fourth-order valence-corrected chi connectivity index (χ4v) is 3.33. The van der Waals surface area contributed by atoms with Gasteiger partial charge < -0.3 is 5.32 Å². The van der Waals surface area contributed by atoms with Gasteiger partial charge in [0.25, 0.3) is 5.91 Å². The first-order valence-electron chi connectivity index (χ1n) is 8.04. The number of carbonyl (C=O) groups is 2. The predicted octanol–water partition coefficient (Wildman–Crippen LogP) is 1.63. The largest absolute Gasteiger partial charge is 0.325 e. The van der Waals surface area contributed by atoms with E-state index in [1.165, 1.54) is 4.90 Å². The predicted molar refractivity (Wildman–Crippen MR) is 88.8 cm³/mol. The highest BCUT2D eigenvalue weighted by atomic mass is 16.2. The van der Waals surface area contributed by atoms with Crippen LogP contribution in [0.3, 0.4) is 0 Å². The van der Waals surface area contributed by atoms with Gasteiger partial charge in [-0.25, -0.2) is 4.79 Å². The molecule has 0 radical (unpaired) electrons. The summed E-state index contributed by atoms with van der Waals surface area (Å²) in [7, 11) is 0. The molecule has 3 rings (SSSR count). The summed E-state index contributed by atoms with van der Waals surface area (Å²) in [5, 5.41) is 11.7. The van der Waals surface area contributed by atoms with Crippen molar-refractivity contribution in [2.45, 2.75) is 24.9 Å². The minimum atomic E-state index is -0.763. The molecule has 124 valence electrons. The molecule has 1 aromatic carbocycles. The van der Waals surface area contributed by atoms with E-state index in [4.69, 9.17) is 5.26 Å². The van der Waals surface area contributed by atoms with Crippen molar-refractivity contribution < 1.29 is 9.59 Å². The van der Waals surface area contributed by atoms with E-state index < -0.39 is 5.54 Å². The molecule has 6 nitrogen and oxygen atoms in total. The lowest BCUT2D eigenvalue weighted by atomic mass is 9.87. The molecule has 1 spiro atoms. The first-order valence-corrected chi connectivity index (χ1v) is 8.04. The van der Waals surface area contributed by atoms with Crippen molar-refractivity contribution >= 4 is 11.9 Å². The van der Waals surface area contributed by atoms with E-state index >= 15 is 0 Å². The second kappa shape index (κ2) is 6.46. The summed E-state index contributed by atoms with van der Waals surface area (Å²) in [4.78, 5) is 28.6. The molecule has 2 heterocycles. The second-order valence-corrected chi connectivity index (χ2v) is 6.30. The van der Waals surface area contributed by atoms with Crippen molar-refractivity contribution in [2.75, 3.05) is 19.6 Å². The molecule has 0 aromatic heterocycles. The van der Waals surface area contributed by atoms with Crippen LogP contribution in [0.15, 0.2) is 36.9 Å². The molecule has 6 heteroatoms. The van der Waals surface area contributed by atoms with Crippen molar-refractivity contribution in [3.8, 4) is 6.07 Å². The fourth-order valence-electron chi connectivity index (χ4n) is 3.33. The lowest BCUT2D eigenvalue weighted by molar-refractivity contribution is -0.133. The average Bonchev–Trinajstić information content (AvgIpc) is 2.82. The number of piperidine rings is 1. The van der Waals surface area contributed by atoms with Crippen LogP contribution < -0.4 is 5.32 Å². The van der Waals surface area contributed by atoms with Gasteiger partial charge >= 0.3 is 6.03 Å². The molecule has 0 saturated carbocycles. The zero-order valence-electron chi connectivity index (χ0n) is 13.5. The van der Waals surface area contributed by atoms with E-state index in [0.717, 1.165) is 25.2 Å². The van der Waals surface area contributed by atoms with Crippen molar-refractivity contribution in [3.63, 3.8) is 0 Å². The third kappa shape index (κ3) is 2.91. The number of hydrogen-bond acceptors (Lipinski definition) is 4. The zero-order chi connectivity index (χ0) is 17.2. The molecule has 0 atom stereocenters. The van der Waals surface area contributed by atoms with E-state index in [-0.39, 0.29) is 18.5 Å². The number of nitrogens with zero attached hydrogens (tertiary/aromatic N) is 3. The minimum Gasteiger partial charge on any atom is -0.323 e. The monoisotopic (exact) mass is 324 g/mol. The van der Waals surface area contributed by atoms with Gasteiger partial charge in [0.15, 0.2) is 0 Å². The van der Waals surface area contributed by atoms with Gasteiger partial charge in [-0.1, -0.05) is 18.2 Å². The SMILES string of the molecule is C=CCN1CCC2(CC1)NC(=O)N(Cc1ccc(C#N)cc1)C2=O. The Morgan fingerprint density at radius 1 is 1.25 bits per heavy atom. The third-order valence-corrected chi connectivity index (χ3v) is 4.77. The summed E-state index contributed by atoms with van der Waals surface area (Å²) in [6.07, 6.45) is 3.09. The highest BCUT2D eigenvalue weighted by Gasteiger charge is 2.52. The van der Waals surface area contributed by atoms with E-state index in [2.05, 4.69) is 22.9 Å². The summed E-state index contributed by atoms with van der Waals surface area (Å²) in [6, 6.07) is 8.66. The average molecular weight is 324 g/mol. The summed E-state index contributed by atoms with van der Waals surface area (Å²) in [5.41, 5.74) is 0.627. The van der Waals surface area contributed by atoms with Gasteiger partial charge in [-0.3, -0.25) is 14.6 Å². The van der Waals surface area contributed by atoms with Crippen LogP contribution in [0.4, 0.5) is 4.79 Å². The van der Waals surface area contributed by atoms with E-state index in [1.54, 1.807) is 24.3 Å². The second-order valence-electron chi connectivity index (χ2n) is 6.30. The molecule has 0 aliphatic carbocycles. The van der Waals surface area contributed by atoms with Crippen LogP contribution >= 0.6 is 0 Å². The van der Waals surface area contributed by atoms with Gasteiger partial charge in [0.2, 0.25) is 0 Å². The van der Waals surface area contributed by atoms with Crippen LogP contribution in [-0.2, 0) is 11.3 Å². The Hall–Kier alpha value is -2.65. The van der Waals surface area contributed by atoms with Crippen molar-refractivity contribution in [1.29, 1.82) is 5.26 Å². The third-order valence-electron chi connectivity index (χ3n) is 4.77. The molecule has 2 fully saturated rings. The molecule has 24 heavy (non-hydrogen) atoms. The number of likely N-dealkylation sites (tertiary alicyclic amines) is 1. The molecule has 2 aliphatic rings. The summed E-state index contributed by atoms with van der Waals surface area (Å²) >= 11 is 0. The maximum Gasteiger partial charge on any atom is 0.325 e. The molecule has 0 unspecified atom stereocenters. The summed E-state index contributed by atoms with van der Waals surface area (Å²) < 4.78 is 0. The molecule has 2 aliphatic heterocycles. The first kappa shape index (κ1) is 16.2. The molecule has 1 N–H and O–H groups in total. The molecular weight excluding hydrogens is 304 g/mol. The Bertz CT molecular complexity index is 697. The highest BCUT2D eigenvalue weighted by molar-refractivity contribution is 6.07. The normalized spacial score (nSPS) is 20.0. The van der Waals surface area contributed by atoms with E-state index in [1.807, 2.05) is 6.08 Å². The number of urea groups is 1. The number of hydrogen-bond donors (Lipinski definition) is 1. The number of nitriles is 1. The van der Waals surface area contributed by atoms with Crippen LogP contribution in [0.25, 0.3) is 0 Å². The molecule has 0 bridgehead atoms. The van der Waals surface area contributed by atoms with Gasteiger partial charge in [-0.05, 0) is 30.5 Å². The number of imide groups is 1. The van der Waals surface area contributed by atoms with Crippen molar-refractivity contribution in [1.82, 2.24) is 15.1 Å². The maximum atomic E-state index is 12.8. The molecular formula is C18H20N4O2. The fraction of sp³-hybridized carbons (Fsp3) is 0.389. The zero-order valence-corrected chi connectivity index (χ0v) is 13.5. The van der Waals surface area contributed by atoms with Crippen LogP contribution in [-0.4, -0.2) is 46.9 Å². The Morgan fingerprint density at radius 3 is 2.50 bits per heavy atom. The van der Waals surface area contributed by atoms with Gasteiger partial charge in [-0.15, -0.1) is 6.58 Å². The number of carbonyl (C=O) groups excluding carboxylic acids is 2. The smallest absolute Gasteiger partial charge is 0.323 e. The van der Waals surface area contributed by atoms with E-state index in [9.17, 15) is 9.59 Å². The number of rotatable bonds is 4. The molecule has 3 amide bonds. The topological polar surface area (TPSA) is 76.4 Å². The van der Waals surface area contributed by atoms with Crippen molar-refractivity contribution in [2.24, 2.45) is 0 Å². The lowest BCUT2D eigenvalue weighted by Gasteiger charge is -2.36. The molecule has 1 aromatic rings. The summed E-state index contributed by atoms with van der Waals surface area (Å²) in [6.45, 7) is 6.30. The van der Waals surface area contributed by atoms with Crippen LogP contribution in [0.5, 0.6) is 0 Å². The van der Waals surface area contributed by atoms with E-state index in [0.29, 0.717) is 18.4 Å². The van der Waals surface area contributed by atoms with Crippen LogP contribution in [0.1, 0.15) is 24.0 Å². The number of benzene rings is 1. The summed E-state index contributed by atoms with van der Waals surface area (Å²) in [5.74, 6) is -0.143. The van der Waals surface area contributed by atoms with Gasteiger partial charge in [-0.2, -0.15) is 5.26 Å². The Labute approximate surface area is 141 Å². The maximum absolute atomic E-state index is 12.8. The molecule has 2 saturated heterocycles. The first-order chi connectivity index (χ1) is 11.6. The van der Waals surface area contributed by atoms with Gasteiger partial charge in [0.05, 0.1) is 18.2 Å². The Morgan fingerprint density at radius 2 is 1.92 bits per heavy atom. The van der Waals surface area contributed by atoms with Crippen molar-refractivity contribution in [3.05, 3.63) is 48.0 Å². The van der Waals surface area contributed by atoms with Gasteiger partial charge in [0, 0.05) is 19.6 Å². The number of nitrogens with one attached hydrogen (secondary N) is 1. The van der Waals surface area contributed by atoms with Gasteiger partial charge in [0.1, 0.15) is 5.54 Å². The minimum absolute atomic E-state index is 0.143. The quantitative estimate of drug-likeness (QED) is 0.674. The van der Waals surface area contributed by atoms with Crippen LogP contribution in [0.2, 0.25) is 0 Å². The Kier molecular flexibility index (Phi) is 4.36. The Balaban J connectivity index is 1.70. The standard InChI is InChI=1S/C18H20N4O2/c1-2-9-21-10-7-18(8-11-21)16(23)22(17(24)20-18)13-15-5-3-14(12-19)4-6-15/h2-6H,1,7-11,13H2,(H,20,24). The lowest BCUT2D eigenvalue weighted by Crippen LogP contribution is -2.54.